The molecule has 13 heavy (non-hydrogen) atoms. The molecule has 2 N–H and O–H groups in total. The third kappa shape index (κ3) is 1.84. The van der Waals surface area contributed by atoms with Crippen LogP contribution in [0.25, 0.3) is 0 Å². The largest absolute Gasteiger partial charge is 0.390 e. The van der Waals surface area contributed by atoms with Crippen molar-refractivity contribution in [1.29, 1.82) is 0 Å². The molecule has 2 rings (SSSR count). The first kappa shape index (κ1) is 12.4. The quantitative estimate of drug-likeness (QED) is 0.705. The first-order valence-electron chi connectivity index (χ1n) is 4.76. The van der Waals surface area contributed by atoms with Gasteiger partial charge in [-0.1, -0.05) is 13.8 Å². The summed E-state index contributed by atoms with van der Waals surface area (Å²) in [4.78, 5) is 0. The number of hydrogen-bond donors (Lipinski definition) is 2. The summed E-state index contributed by atoms with van der Waals surface area (Å²) in [5, 5.41) is 19.4. The Morgan fingerprint density at radius 2 is 1.69 bits per heavy atom. The average molecular weight is 311 g/mol. The summed E-state index contributed by atoms with van der Waals surface area (Å²) in [7, 11) is 0. The van der Waals surface area contributed by atoms with Crippen molar-refractivity contribution in [3.05, 3.63) is 0 Å². The smallest absolute Gasteiger partial charge is 0.0880 e. The summed E-state index contributed by atoms with van der Waals surface area (Å²) in [6, 6.07) is 0. The van der Waals surface area contributed by atoms with Gasteiger partial charge in [0.15, 0.2) is 0 Å². The van der Waals surface area contributed by atoms with E-state index in [9.17, 15) is 10.2 Å². The van der Waals surface area contributed by atoms with Gasteiger partial charge >= 0.3 is 0 Å². The Morgan fingerprint density at radius 3 is 2.15 bits per heavy atom. The third-order valence-corrected chi connectivity index (χ3v) is 4.12. The molecule has 2 aliphatic rings. The van der Waals surface area contributed by atoms with Crippen LogP contribution >= 0.6 is 0 Å². The van der Waals surface area contributed by atoms with Crippen LogP contribution in [0.1, 0.15) is 33.6 Å². The van der Waals surface area contributed by atoms with Gasteiger partial charge in [-0.3, -0.25) is 0 Å². The molecule has 0 unspecified atom stereocenters. The van der Waals surface area contributed by atoms with Gasteiger partial charge in [0.2, 0.25) is 0 Å². The second kappa shape index (κ2) is 3.40. The average Bonchev–Trinajstić information content (AvgIpc) is 2.37. The van der Waals surface area contributed by atoms with E-state index >= 15 is 0 Å². The van der Waals surface area contributed by atoms with E-state index in [0.29, 0.717) is 17.3 Å². The van der Waals surface area contributed by atoms with E-state index in [4.69, 9.17) is 0 Å². The minimum atomic E-state index is -0.838. The van der Waals surface area contributed by atoms with E-state index in [1.165, 1.54) is 0 Å². The zero-order valence-corrected chi connectivity index (χ0v) is 12.3. The van der Waals surface area contributed by atoms with Gasteiger partial charge in [0.05, 0.1) is 11.7 Å². The van der Waals surface area contributed by atoms with E-state index in [-0.39, 0.29) is 41.3 Å². The fourth-order valence-electron chi connectivity index (χ4n) is 2.81. The molecule has 0 bridgehead atoms. The molecule has 2 fully saturated rings. The number of hydrogen-bond acceptors (Lipinski definition) is 2. The van der Waals surface area contributed by atoms with Crippen LogP contribution in [0.3, 0.4) is 0 Å². The van der Waals surface area contributed by atoms with E-state index in [1.54, 1.807) is 6.92 Å². The van der Waals surface area contributed by atoms with Crippen LogP contribution in [0.2, 0.25) is 0 Å². The van der Waals surface area contributed by atoms with E-state index < -0.39 is 11.7 Å². The normalized spacial score (nSPS) is 51.9. The van der Waals surface area contributed by atoms with Crippen LogP contribution in [-0.2, 0) is 0 Å². The third-order valence-electron chi connectivity index (χ3n) is 4.12. The zero-order chi connectivity index (χ0) is 9.15. The topological polar surface area (TPSA) is 40.5 Å². The van der Waals surface area contributed by atoms with Crippen molar-refractivity contribution < 1.29 is 51.5 Å². The fraction of sp³-hybridized carbons (Fsp3) is 1.00. The molecular formula is C10H18O2Pr. The summed E-state index contributed by atoms with van der Waals surface area (Å²) < 4.78 is 0. The molecule has 0 aromatic carbocycles. The van der Waals surface area contributed by atoms with E-state index in [2.05, 4.69) is 13.8 Å². The summed E-state index contributed by atoms with van der Waals surface area (Å²) in [6.07, 6.45) is 1.04. The molecule has 3 heteroatoms. The maximum atomic E-state index is 9.82. The molecule has 0 aliphatic heterocycles. The van der Waals surface area contributed by atoms with Crippen LogP contribution in [0.15, 0.2) is 0 Å². The molecular weight excluding hydrogens is 293 g/mol. The van der Waals surface area contributed by atoms with Gasteiger partial charge in [0.25, 0.3) is 0 Å². The summed E-state index contributed by atoms with van der Waals surface area (Å²) in [5.74, 6) is 1.28. The van der Waals surface area contributed by atoms with E-state index in [0.717, 1.165) is 12.8 Å². The Morgan fingerprint density at radius 1 is 1.15 bits per heavy atom. The predicted octanol–water partition coefficient (Wildman–Crippen LogP) is 1.16. The second-order valence-corrected chi connectivity index (χ2v) is 5.35. The number of rotatable bonds is 0. The van der Waals surface area contributed by atoms with Crippen LogP contribution in [0.5, 0.6) is 0 Å². The van der Waals surface area contributed by atoms with Crippen molar-refractivity contribution in [3.63, 3.8) is 0 Å². The van der Waals surface area contributed by atoms with Gasteiger partial charge in [0.1, 0.15) is 0 Å². The predicted molar refractivity (Wildman–Crippen MR) is 46.6 cm³/mol. The Kier molecular flexibility index (Phi) is 3.23. The van der Waals surface area contributed by atoms with Gasteiger partial charge < -0.3 is 10.2 Å². The molecule has 2 aliphatic carbocycles. The zero-order valence-electron chi connectivity index (χ0n) is 8.62. The molecule has 1 radical (unpaired) electrons. The van der Waals surface area contributed by atoms with Crippen molar-refractivity contribution in [2.75, 3.05) is 0 Å². The molecule has 0 aromatic heterocycles. The van der Waals surface area contributed by atoms with Crippen molar-refractivity contribution in [3.8, 4) is 0 Å². The minimum absolute atomic E-state index is 0. The summed E-state index contributed by atoms with van der Waals surface area (Å²) in [6.45, 7) is 6.22. The summed E-state index contributed by atoms with van der Waals surface area (Å²) in [5.41, 5.74) is -0.476. The number of aliphatic hydroxyl groups is 2. The number of fused-ring (bicyclic) bond motifs is 1. The number of aliphatic hydroxyl groups excluding tert-OH is 1. The van der Waals surface area contributed by atoms with Crippen LogP contribution in [-0.4, -0.2) is 21.9 Å². The monoisotopic (exact) mass is 311 g/mol. The molecule has 4 atom stereocenters. The van der Waals surface area contributed by atoms with Crippen LogP contribution in [0, 0.1) is 58.5 Å². The van der Waals surface area contributed by atoms with Crippen molar-refractivity contribution in [1.82, 2.24) is 0 Å². The SMILES string of the molecule is CC1(C)[C@@H]2C[C@@H](O)[C@](C)(O)C[C@@H]21.[Pr]. The van der Waals surface area contributed by atoms with Gasteiger partial charge in [0, 0.05) is 41.3 Å². The molecule has 0 aromatic rings. The molecule has 0 heterocycles. The van der Waals surface area contributed by atoms with Gasteiger partial charge in [-0.25, -0.2) is 0 Å². The standard InChI is InChI=1S/C10H18O2.Pr/c1-9(2)6-4-8(11)10(3,12)5-7(6)9;/h6-8,11-12H,4-5H2,1-3H3;/t6-,7+,8-,10-;/m1./s1. The van der Waals surface area contributed by atoms with Crippen molar-refractivity contribution in [2.45, 2.75) is 45.3 Å². The maximum Gasteiger partial charge on any atom is 0.0880 e. The molecule has 0 amide bonds. The maximum absolute atomic E-state index is 9.82. The minimum Gasteiger partial charge on any atom is -0.390 e. The summed E-state index contributed by atoms with van der Waals surface area (Å²) >= 11 is 0. The Balaban J connectivity index is 0.000000845. The van der Waals surface area contributed by atoms with Crippen LogP contribution in [0.4, 0.5) is 0 Å². The molecule has 2 saturated carbocycles. The molecule has 2 nitrogen and oxygen atoms in total. The molecule has 0 spiro atoms. The van der Waals surface area contributed by atoms with Gasteiger partial charge in [-0.15, -0.1) is 0 Å². The first-order valence-corrected chi connectivity index (χ1v) is 4.76. The fourth-order valence-corrected chi connectivity index (χ4v) is 2.81. The van der Waals surface area contributed by atoms with Gasteiger partial charge in [-0.05, 0) is 37.0 Å². The Hall–Kier alpha value is 1.28. The first-order chi connectivity index (χ1) is 5.36. The van der Waals surface area contributed by atoms with Crippen LogP contribution < -0.4 is 0 Å². The second-order valence-electron chi connectivity index (χ2n) is 5.35. The molecule has 0 saturated heterocycles. The van der Waals surface area contributed by atoms with E-state index in [1.807, 2.05) is 0 Å². The molecule has 73 valence electrons. The van der Waals surface area contributed by atoms with Crippen molar-refractivity contribution >= 4 is 0 Å². The Labute approximate surface area is 113 Å². The Bertz CT molecular complexity index is 213. The van der Waals surface area contributed by atoms with Crippen molar-refractivity contribution in [2.24, 2.45) is 17.3 Å². The van der Waals surface area contributed by atoms with Gasteiger partial charge in [-0.2, -0.15) is 0 Å².